The van der Waals surface area contributed by atoms with Crippen LogP contribution >= 0.6 is 0 Å². The molecule has 0 saturated heterocycles. The van der Waals surface area contributed by atoms with E-state index in [0.717, 1.165) is 37.5 Å². The SMILES string of the molecule is CC=CCCc1ccc(C2=NCCO2)cc1. The van der Waals surface area contributed by atoms with Gasteiger partial charge < -0.3 is 4.74 Å². The lowest BCUT2D eigenvalue weighted by Gasteiger charge is -2.03. The molecule has 0 radical (unpaired) electrons. The third-order valence-electron chi connectivity index (χ3n) is 2.62. The average Bonchev–Trinajstić information content (AvgIpc) is 2.84. The Morgan fingerprint density at radius 2 is 2.12 bits per heavy atom. The zero-order chi connectivity index (χ0) is 11.2. The molecule has 1 aliphatic heterocycles. The molecule has 2 nitrogen and oxygen atoms in total. The summed E-state index contributed by atoms with van der Waals surface area (Å²) >= 11 is 0. The first-order valence-corrected chi connectivity index (χ1v) is 5.78. The zero-order valence-electron chi connectivity index (χ0n) is 9.65. The Balaban J connectivity index is 1.98. The lowest BCUT2D eigenvalue weighted by molar-refractivity contribution is 0.348. The third kappa shape index (κ3) is 2.72. The van der Waals surface area contributed by atoms with Crippen LogP contribution in [0, 0.1) is 0 Å². The van der Waals surface area contributed by atoms with Crippen molar-refractivity contribution in [2.24, 2.45) is 4.99 Å². The minimum Gasteiger partial charge on any atom is -0.476 e. The molecule has 0 aliphatic carbocycles. The summed E-state index contributed by atoms with van der Waals surface area (Å²) in [6.07, 6.45) is 6.48. The summed E-state index contributed by atoms with van der Waals surface area (Å²) in [5.74, 6) is 0.792. The molecule has 0 atom stereocenters. The van der Waals surface area contributed by atoms with Crippen LogP contribution in [0.4, 0.5) is 0 Å². The largest absolute Gasteiger partial charge is 0.476 e. The predicted octanol–water partition coefficient (Wildman–Crippen LogP) is 2.97. The van der Waals surface area contributed by atoms with Gasteiger partial charge in [-0.3, -0.25) is 0 Å². The van der Waals surface area contributed by atoms with Crippen molar-refractivity contribution >= 4 is 5.90 Å². The molecule has 1 aromatic carbocycles. The minimum absolute atomic E-state index is 0.721. The molecule has 2 heteroatoms. The molecule has 0 aromatic heterocycles. The summed E-state index contributed by atoms with van der Waals surface area (Å²) in [4.78, 5) is 4.29. The molecular formula is C14H17NO. The Bertz CT molecular complexity index is 390. The highest BCUT2D eigenvalue weighted by molar-refractivity contribution is 5.94. The van der Waals surface area contributed by atoms with Crippen molar-refractivity contribution in [1.82, 2.24) is 0 Å². The number of hydrogen-bond acceptors (Lipinski definition) is 2. The lowest BCUT2D eigenvalue weighted by Crippen LogP contribution is -2.00. The summed E-state index contributed by atoms with van der Waals surface area (Å²) in [7, 11) is 0. The lowest BCUT2D eigenvalue weighted by atomic mass is 10.1. The van der Waals surface area contributed by atoms with E-state index in [9.17, 15) is 0 Å². The summed E-state index contributed by atoms with van der Waals surface area (Å²) in [5, 5.41) is 0. The first-order valence-electron chi connectivity index (χ1n) is 5.78. The van der Waals surface area contributed by atoms with E-state index in [1.54, 1.807) is 0 Å². The summed E-state index contributed by atoms with van der Waals surface area (Å²) in [5.41, 5.74) is 2.45. The number of benzene rings is 1. The van der Waals surface area contributed by atoms with Gasteiger partial charge in [0.15, 0.2) is 0 Å². The van der Waals surface area contributed by atoms with Crippen LogP contribution in [-0.4, -0.2) is 19.0 Å². The Morgan fingerprint density at radius 3 is 2.75 bits per heavy atom. The van der Waals surface area contributed by atoms with E-state index in [1.165, 1.54) is 5.56 Å². The normalized spacial score (nSPS) is 15.2. The van der Waals surface area contributed by atoms with E-state index >= 15 is 0 Å². The Labute approximate surface area is 96.7 Å². The fraction of sp³-hybridized carbons (Fsp3) is 0.357. The molecular weight excluding hydrogens is 198 g/mol. The first-order chi connectivity index (χ1) is 7.90. The highest BCUT2D eigenvalue weighted by atomic mass is 16.5. The quantitative estimate of drug-likeness (QED) is 0.707. The van der Waals surface area contributed by atoms with Gasteiger partial charge in [-0.1, -0.05) is 24.3 Å². The number of aliphatic imine (C=N–C) groups is 1. The van der Waals surface area contributed by atoms with E-state index in [2.05, 4.69) is 48.3 Å². The maximum absolute atomic E-state index is 5.42. The third-order valence-corrected chi connectivity index (χ3v) is 2.62. The van der Waals surface area contributed by atoms with Crippen molar-refractivity contribution in [3.63, 3.8) is 0 Å². The van der Waals surface area contributed by atoms with E-state index in [-0.39, 0.29) is 0 Å². The molecule has 0 bridgehead atoms. The van der Waals surface area contributed by atoms with Gasteiger partial charge in [0.1, 0.15) is 6.61 Å². The average molecular weight is 215 g/mol. The van der Waals surface area contributed by atoms with Gasteiger partial charge in [-0.15, -0.1) is 0 Å². The smallest absolute Gasteiger partial charge is 0.216 e. The van der Waals surface area contributed by atoms with Crippen LogP contribution in [0.15, 0.2) is 41.4 Å². The fourth-order valence-corrected chi connectivity index (χ4v) is 1.74. The van der Waals surface area contributed by atoms with Gasteiger partial charge in [0.2, 0.25) is 5.90 Å². The van der Waals surface area contributed by atoms with Crippen molar-refractivity contribution in [3.8, 4) is 0 Å². The number of rotatable bonds is 4. The van der Waals surface area contributed by atoms with Crippen LogP contribution in [-0.2, 0) is 11.2 Å². The maximum atomic E-state index is 5.42. The van der Waals surface area contributed by atoms with Gasteiger partial charge in [-0.2, -0.15) is 0 Å². The van der Waals surface area contributed by atoms with Gasteiger partial charge in [-0.05, 0) is 37.5 Å². The van der Waals surface area contributed by atoms with Crippen LogP contribution in [0.25, 0.3) is 0 Å². The second kappa shape index (κ2) is 5.50. The van der Waals surface area contributed by atoms with E-state index in [1.807, 2.05) is 0 Å². The summed E-state index contributed by atoms with van der Waals surface area (Å²) < 4.78 is 5.42. The highest BCUT2D eigenvalue weighted by Crippen LogP contribution is 2.11. The zero-order valence-corrected chi connectivity index (χ0v) is 9.65. The molecule has 2 rings (SSSR count). The standard InChI is InChI=1S/C14H17NO/c1-2-3-4-5-12-6-8-13(9-7-12)14-15-10-11-16-14/h2-3,6-9H,4-5,10-11H2,1H3. The summed E-state index contributed by atoms with van der Waals surface area (Å²) in [6, 6.07) is 8.50. The number of allylic oxidation sites excluding steroid dienone is 2. The van der Waals surface area contributed by atoms with Crippen LogP contribution < -0.4 is 0 Å². The second-order valence-electron chi connectivity index (χ2n) is 3.84. The molecule has 84 valence electrons. The summed E-state index contributed by atoms with van der Waals surface area (Å²) in [6.45, 7) is 3.56. The molecule has 0 N–H and O–H groups in total. The second-order valence-corrected chi connectivity index (χ2v) is 3.84. The molecule has 0 fully saturated rings. The Hall–Kier alpha value is -1.57. The molecule has 0 amide bonds. The number of nitrogens with zero attached hydrogens (tertiary/aromatic N) is 1. The van der Waals surface area contributed by atoms with Crippen LogP contribution in [0.1, 0.15) is 24.5 Å². The van der Waals surface area contributed by atoms with Crippen molar-refractivity contribution in [2.45, 2.75) is 19.8 Å². The van der Waals surface area contributed by atoms with Crippen molar-refractivity contribution in [2.75, 3.05) is 13.2 Å². The van der Waals surface area contributed by atoms with Crippen molar-refractivity contribution < 1.29 is 4.74 Å². The van der Waals surface area contributed by atoms with Gasteiger partial charge in [-0.25, -0.2) is 4.99 Å². The van der Waals surface area contributed by atoms with E-state index < -0.39 is 0 Å². The van der Waals surface area contributed by atoms with Crippen molar-refractivity contribution in [1.29, 1.82) is 0 Å². The van der Waals surface area contributed by atoms with Gasteiger partial charge >= 0.3 is 0 Å². The first kappa shape index (κ1) is 10.9. The molecule has 1 aromatic rings. The number of hydrogen-bond donors (Lipinski definition) is 0. The molecule has 1 heterocycles. The van der Waals surface area contributed by atoms with Crippen LogP contribution in [0.5, 0.6) is 0 Å². The highest BCUT2D eigenvalue weighted by Gasteiger charge is 2.09. The van der Waals surface area contributed by atoms with Crippen LogP contribution in [0.3, 0.4) is 0 Å². The molecule has 0 spiro atoms. The monoisotopic (exact) mass is 215 g/mol. The predicted molar refractivity (Wildman–Crippen MR) is 66.9 cm³/mol. The number of ether oxygens (including phenoxy) is 1. The Morgan fingerprint density at radius 1 is 1.31 bits per heavy atom. The topological polar surface area (TPSA) is 21.6 Å². The molecule has 0 saturated carbocycles. The van der Waals surface area contributed by atoms with Gasteiger partial charge in [0, 0.05) is 5.56 Å². The fourth-order valence-electron chi connectivity index (χ4n) is 1.74. The van der Waals surface area contributed by atoms with Crippen LogP contribution in [0.2, 0.25) is 0 Å². The number of aryl methyl sites for hydroxylation is 1. The van der Waals surface area contributed by atoms with Crippen molar-refractivity contribution in [3.05, 3.63) is 47.5 Å². The minimum atomic E-state index is 0.721. The van der Waals surface area contributed by atoms with Gasteiger partial charge in [0.05, 0.1) is 6.54 Å². The van der Waals surface area contributed by atoms with Gasteiger partial charge in [0.25, 0.3) is 0 Å². The molecule has 16 heavy (non-hydrogen) atoms. The van der Waals surface area contributed by atoms with E-state index in [4.69, 9.17) is 4.74 Å². The van der Waals surface area contributed by atoms with E-state index in [0.29, 0.717) is 0 Å². The Kier molecular flexibility index (Phi) is 3.76. The maximum Gasteiger partial charge on any atom is 0.216 e. The molecule has 0 unspecified atom stereocenters. The molecule has 1 aliphatic rings.